The molecule has 0 aliphatic heterocycles. The van der Waals surface area contributed by atoms with E-state index in [9.17, 15) is 4.79 Å². The van der Waals surface area contributed by atoms with E-state index in [0.717, 1.165) is 11.1 Å². The summed E-state index contributed by atoms with van der Waals surface area (Å²) in [4.78, 5) is 13.7. The molecule has 1 aromatic rings. The van der Waals surface area contributed by atoms with E-state index in [0.29, 0.717) is 19.6 Å². The number of likely N-dealkylation sites (N-methyl/N-ethyl adjacent to an activating group) is 1. The van der Waals surface area contributed by atoms with Crippen molar-refractivity contribution in [1.29, 1.82) is 0 Å². The van der Waals surface area contributed by atoms with Gasteiger partial charge < -0.3 is 11.1 Å². The molecular weight excluding hydrogens is 250 g/mol. The first kappa shape index (κ1) is 16.2. The van der Waals surface area contributed by atoms with E-state index in [2.05, 4.69) is 17.2 Å². The highest BCUT2D eigenvalue weighted by Crippen LogP contribution is 2.06. The number of carbonyl (C=O) groups is 1. The van der Waals surface area contributed by atoms with Crippen LogP contribution in [0.4, 0.5) is 0 Å². The third-order valence-electron chi connectivity index (χ3n) is 2.58. The first-order valence-electron chi connectivity index (χ1n) is 6.77. The quantitative estimate of drug-likeness (QED) is 0.785. The average Bonchev–Trinajstić information content (AvgIpc) is 2.35. The summed E-state index contributed by atoms with van der Waals surface area (Å²) in [5.74, 6) is 5.89. The fraction of sp³-hybridized carbons (Fsp3) is 0.438. The van der Waals surface area contributed by atoms with E-state index in [1.807, 2.05) is 50.1 Å². The number of nitrogens with zero attached hydrogens (tertiary/aromatic N) is 1. The lowest BCUT2D eigenvalue weighted by molar-refractivity contribution is -0.122. The van der Waals surface area contributed by atoms with Crippen LogP contribution in [0.3, 0.4) is 0 Å². The van der Waals surface area contributed by atoms with Gasteiger partial charge in [-0.25, -0.2) is 0 Å². The lowest BCUT2D eigenvalue weighted by atomic mass is 10.1. The summed E-state index contributed by atoms with van der Waals surface area (Å²) in [6.45, 7) is 5.37. The molecule has 0 fully saturated rings. The van der Waals surface area contributed by atoms with Gasteiger partial charge in [0.15, 0.2) is 0 Å². The van der Waals surface area contributed by atoms with Crippen molar-refractivity contribution in [1.82, 2.24) is 10.2 Å². The Hall–Kier alpha value is -1.83. The maximum atomic E-state index is 11.7. The molecule has 0 aliphatic carbocycles. The lowest BCUT2D eigenvalue weighted by Crippen LogP contribution is -2.38. The smallest absolute Gasteiger partial charge is 0.234 e. The Morgan fingerprint density at radius 2 is 2.20 bits per heavy atom. The largest absolute Gasteiger partial charge is 0.353 e. The SMILES string of the molecule is CC(C)NC(=O)CN(C)Cc1cccc(C#CCN)c1. The molecule has 1 aromatic carbocycles. The number of carbonyl (C=O) groups excluding carboxylic acids is 1. The Balaban J connectivity index is 2.57. The van der Waals surface area contributed by atoms with Gasteiger partial charge in [0, 0.05) is 18.2 Å². The second kappa shape index (κ2) is 8.36. The van der Waals surface area contributed by atoms with Crippen molar-refractivity contribution in [3.05, 3.63) is 35.4 Å². The van der Waals surface area contributed by atoms with Crippen molar-refractivity contribution < 1.29 is 4.79 Å². The van der Waals surface area contributed by atoms with Crippen molar-refractivity contribution in [2.24, 2.45) is 5.73 Å². The molecule has 0 saturated heterocycles. The number of amides is 1. The van der Waals surface area contributed by atoms with E-state index < -0.39 is 0 Å². The van der Waals surface area contributed by atoms with Crippen molar-refractivity contribution in [3.63, 3.8) is 0 Å². The number of rotatable bonds is 5. The van der Waals surface area contributed by atoms with Crippen LogP contribution >= 0.6 is 0 Å². The zero-order chi connectivity index (χ0) is 15.0. The van der Waals surface area contributed by atoms with Crippen LogP contribution in [-0.2, 0) is 11.3 Å². The fourth-order valence-corrected chi connectivity index (χ4v) is 1.88. The first-order valence-corrected chi connectivity index (χ1v) is 6.77. The second-order valence-electron chi connectivity index (χ2n) is 5.10. The zero-order valence-corrected chi connectivity index (χ0v) is 12.4. The van der Waals surface area contributed by atoms with Crippen molar-refractivity contribution in [3.8, 4) is 11.8 Å². The van der Waals surface area contributed by atoms with Gasteiger partial charge in [0.2, 0.25) is 5.91 Å². The van der Waals surface area contributed by atoms with E-state index >= 15 is 0 Å². The van der Waals surface area contributed by atoms with Crippen LogP contribution in [0.25, 0.3) is 0 Å². The summed E-state index contributed by atoms with van der Waals surface area (Å²) in [6, 6.07) is 8.16. The maximum absolute atomic E-state index is 11.7. The standard InChI is InChI=1S/C16H23N3O/c1-13(2)18-16(20)12-19(3)11-15-7-4-6-14(10-15)8-5-9-17/h4,6-7,10,13H,9,11-12,17H2,1-3H3,(H,18,20). The molecule has 0 atom stereocenters. The van der Waals surface area contributed by atoms with Gasteiger partial charge in [-0.3, -0.25) is 9.69 Å². The lowest BCUT2D eigenvalue weighted by Gasteiger charge is -2.17. The summed E-state index contributed by atoms with van der Waals surface area (Å²) in [5, 5.41) is 2.88. The average molecular weight is 273 g/mol. The van der Waals surface area contributed by atoms with Crippen molar-refractivity contribution in [2.45, 2.75) is 26.4 Å². The molecule has 4 nitrogen and oxygen atoms in total. The molecule has 108 valence electrons. The Kier molecular flexibility index (Phi) is 6.78. The van der Waals surface area contributed by atoms with E-state index in [1.165, 1.54) is 0 Å². The Labute approximate surface area is 121 Å². The Bertz CT molecular complexity index is 500. The molecule has 4 heteroatoms. The highest BCUT2D eigenvalue weighted by atomic mass is 16.2. The van der Waals surface area contributed by atoms with Crippen molar-refractivity contribution in [2.75, 3.05) is 20.1 Å². The van der Waals surface area contributed by atoms with Crippen molar-refractivity contribution >= 4 is 5.91 Å². The topological polar surface area (TPSA) is 58.4 Å². The molecular formula is C16H23N3O. The molecule has 0 saturated carbocycles. The molecule has 0 bridgehead atoms. The summed E-state index contributed by atoms with van der Waals surface area (Å²) in [7, 11) is 1.93. The third-order valence-corrected chi connectivity index (χ3v) is 2.58. The molecule has 0 aromatic heterocycles. The predicted molar refractivity (Wildman–Crippen MR) is 82.0 cm³/mol. The molecule has 0 aliphatic rings. The summed E-state index contributed by atoms with van der Waals surface area (Å²) >= 11 is 0. The second-order valence-corrected chi connectivity index (χ2v) is 5.10. The minimum absolute atomic E-state index is 0.0431. The van der Waals surface area contributed by atoms with E-state index in [4.69, 9.17) is 5.73 Å². The summed E-state index contributed by atoms with van der Waals surface area (Å²) in [5.41, 5.74) is 7.45. The van der Waals surface area contributed by atoms with Gasteiger partial charge in [-0.1, -0.05) is 24.0 Å². The fourth-order valence-electron chi connectivity index (χ4n) is 1.88. The maximum Gasteiger partial charge on any atom is 0.234 e. The summed E-state index contributed by atoms with van der Waals surface area (Å²) in [6.07, 6.45) is 0. The zero-order valence-electron chi connectivity index (χ0n) is 12.4. The van der Waals surface area contributed by atoms with Crippen LogP contribution in [0.5, 0.6) is 0 Å². The number of benzene rings is 1. The van der Waals surface area contributed by atoms with Crippen LogP contribution in [0.2, 0.25) is 0 Å². The van der Waals surface area contributed by atoms with Crippen LogP contribution in [0, 0.1) is 11.8 Å². The van der Waals surface area contributed by atoms with Gasteiger partial charge >= 0.3 is 0 Å². The molecule has 3 N–H and O–H groups in total. The number of hydrogen-bond donors (Lipinski definition) is 2. The number of nitrogens with two attached hydrogens (primary N) is 1. The van der Waals surface area contributed by atoms with Gasteiger partial charge in [-0.15, -0.1) is 0 Å². The van der Waals surface area contributed by atoms with E-state index in [-0.39, 0.29) is 11.9 Å². The molecule has 1 rings (SSSR count). The normalized spacial score (nSPS) is 10.3. The van der Waals surface area contributed by atoms with Gasteiger partial charge in [0.1, 0.15) is 0 Å². The molecule has 0 unspecified atom stereocenters. The molecule has 0 heterocycles. The molecule has 20 heavy (non-hydrogen) atoms. The van der Waals surface area contributed by atoms with Crippen LogP contribution in [-0.4, -0.2) is 37.0 Å². The minimum atomic E-state index is 0.0431. The highest BCUT2D eigenvalue weighted by Gasteiger charge is 2.08. The van der Waals surface area contributed by atoms with Crippen LogP contribution in [0.15, 0.2) is 24.3 Å². The Morgan fingerprint density at radius 1 is 1.45 bits per heavy atom. The molecule has 0 spiro atoms. The highest BCUT2D eigenvalue weighted by molar-refractivity contribution is 5.78. The monoisotopic (exact) mass is 273 g/mol. The number of nitrogens with one attached hydrogen (secondary N) is 1. The first-order chi connectivity index (χ1) is 9.51. The molecule has 1 amide bonds. The van der Waals surface area contributed by atoms with Gasteiger partial charge in [0.25, 0.3) is 0 Å². The Morgan fingerprint density at radius 3 is 2.85 bits per heavy atom. The van der Waals surface area contributed by atoms with Gasteiger partial charge in [-0.05, 0) is 38.6 Å². The van der Waals surface area contributed by atoms with Gasteiger partial charge in [0.05, 0.1) is 13.1 Å². The van der Waals surface area contributed by atoms with E-state index in [1.54, 1.807) is 0 Å². The molecule has 0 radical (unpaired) electrons. The third kappa shape index (κ3) is 6.37. The van der Waals surface area contributed by atoms with Gasteiger partial charge in [-0.2, -0.15) is 0 Å². The minimum Gasteiger partial charge on any atom is -0.353 e. The number of hydrogen-bond acceptors (Lipinski definition) is 3. The summed E-state index contributed by atoms with van der Waals surface area (Å²) < 4.78 is 0. The predicted octanol–water partition coefficient (Wildman–Crippen LogP) is 0.953. The van der Waals surface area contributed by atoms with Crippen LogP contribution in [0.1, 0.15) is 25.0 Å². The van der Waals surface area contributed by atoms with Crippen LogP contribution < -0.4 is 11.1 Å².